The summed E-state index contributed by atoms with van der Waals surface area (Å²) in [5.74, 6) is 1.37. The molecule has 0 radical (unpaired) electrons. The van der Waals surface area contributed by atoms with Gasteiger partial charge in [0, 0.05) is 51.1 Å². The summed E-state index contributed by atoms with van der Waals surface area (Å²) in [5, 5.41) is 8.11. The molecule has 0 unspecified atom stereocenters. The summed E-state index contributed by atoms with van der Waals surface area (Å²) in [6, 6.07) is 0.376. The maximum absolute atomic E-state index is 12.6. The molecule has 0 amide bonds. The van der Waals surface area contributed by atoms with Crippen LogP contribution < -0.4 is 10.6 Å². The molecule has 2 N–H and O–H groups in total. The Morgan fingerprint density at radius 3 is 2.56 bits per heavy atom. The van der Waals surface area contributed by atoms with Gasteiger partial charge in [0.25, 0.3) is 0 Å². The molecule has 156 valence electrons. The number of likely N-dealkylation sites (tertiary alicyclic amines) is 1. The predicted molar refractivity (Wildman–Crippen MR) is 115 cm³/mol. The summed E-state index contributed by atoms with van der Waals surface area (Å²) >= 11 is 1.04. The Morgan fingerprint density at radius 2 is 2.04 bits per heavy atom. The van der Waals surface area contributed by atoms with Crippen molar-refractivity contribution in [3.63, 3.8) is 0 Å². The summed E-state index contributed by atoms with van der Waals surface area (Å²) in [6.07, 6.45) is -1.80. The first-order chi connectivity index (χ1) is 12.3. The second-order valence-electron chi connectivity index (χ2n) is 6.99. The first-order valence-electron chi connectivity index (χ1n) is 8.99. The highest BCUT2D eigenvalue weighted by Gasteiger charge is 2.33. The second kappa shape index (κ2) is 11.4. The van der Waals surface area contributed by atoms with Gasteiger partial charge in [-0.1, -0.05) is 13.8 Å². The van der Waals surface area contributed by atoms with E-state index in [0.29, 0.717) is 35.9 Å². The molecule has 2 rings (SSSR count). The first-order valence-corrected chi connectivity index (χ1v) is 9.87. The molecule has 2 heterocycles. The number of alkyl halides is 3. The van der Waals surface area contributed by atoms with E-state index in [4.69, 9.17) is 0 Å². The van der Waals surface area contributed by atoms with Crippen LogP contribution in [0.3, 0.4) is 0 Å². The van der Waals surface area contributed by atoms with Gasteiger partial charge in [0.05, 0.1) is 5.01 Å². The topological polar surface area (TPSA) is 52.6 Å². The number of aromatic nitrogens is 1. The zero-order valence-corrected chi connectivity index (χ0v) is 19.1. The normalized spacial score (nSPS) is 17.1. The van der Waals surface area contributed by atoms with E-state index in [1.807, 2.05) is 0 Å². The monoisotopic (exact) mass is 519 g/mol. The molecule has 5 nitrogen and oxygen atoms in total. The lowest BCUT2D eigenvalue weighted by Gasteiger charge is -2.33. The molecule has 1 aliphatic heterocycles. The van der Waals surface area contributed by atoms with E-state index >= 15 is 0 Å². The second-order valence-corrected chi connectivity index (χ2v) is 7.93. The number of thiazole rings is 1. The van der Waals surface area contributed by atoms with Crippen molar-refractivity contribution in [2.45, 2.75) is 45.3 Å². The Labute approximate surface area is 180 Å². The average Bonchev–Trinajstić information content (AvgIpc) is 3.04. The van der Waals surface area contributed by atoms with Crippen LogP contribution in [0.25, 0.3) is 0 Å². The van der Waals surface area contributed by atoms with Crippen molar-refractivity contribution in [1.82, 2.24) is 20.5 Å². The van der Waals surface area contributed by atoms with Crippen LogP contribution >= 0.6 is 35.3 Å². The number of halogens is 4. The van der Waals surface area contributed by atoms with Gasteiger partial charge in [0.2, 0.25) is 0 Å². The Morgan fingerprint density at radius 1 is 1.37 bits per heavy atom. The molecule has 10 heteroatoms. The quantitative estimate of drug-likeness (QED) is 0.343. The van der Waals surface area contributed by atoms with Crippen molar-refractivity contribution in [3.05, 3.63) is 16.1 Å². The summed E-state index contributed by atoms with van der Waals surface area (Å²) in [4.78, 5) is 10.3. The fourth-order valence-corrected chi connectivity index (χ4v) is 3.81. The van der Waals surface area contributed by atoms with Gasteiger partial charge >= 0.3 is 6.18 Å². The van der Waals surface area contributed by atoms with Gasteiger partial charge in [-0.15, -0.1) is 35.3 Å². The van der Waals surface area contributed by atoms with Crippen LogP contribution in [0.4, 0.5) is 13.2 Å². The lowest BCUT2D eigenvalue weighted by Crippen LogP contribution is -2.49. The van der Waals surface area contributed by atoms with Crippen LogP contribution in [0.15, 0.2) is 10.4 Å². The Hall–Kier alpha value is -0.620. The predicted octanol–water partition coefficient (Wildman–Crippen LogP) is 3.61. The van der Waals surface area contributed by atoms with Crippen molar-refractivity contribution in [2.24, 2.45) is 10.9 Å². The highest BCUT2D eigenvalue weighted by atomic mass is 127. The number of nitrogens with zero attached hydrogens (tertiary/aromatic N) is 3. The molecule has 1 aromatic rings. The zero-order chi connectivity index (χ0) is 19.2. The SMILES string of the molecule is CN=C(NCCc1nc(C(F)(F)F)cs1)NC1CCN(CC(C)C)CC1.I. The third-order valence-corrected chi connectivity index (χ3v) is 5.16. The number of piperidine rings is 1. The Kier molecular flexibility index (Phi) is 10.3. The molecule has 0 aromatic carbocycles. The van der Waals surface area contributed by atoms with Crippen LogP contribution in [-0.2, 0) is 12.6 Å². The maximum Gasteiger partial charge on any atom is 0.434 e. The van der Waals surface area contributed by atoms with Crippen LogP contribution in [0, 0.1) is 5.92 Å². The summed E-state index contributed by atoms with van der Waals surface area (Å²) in [5.41, 5.74) is -0.812. The standard InChI is InChI=1S/C17H28F3N5S.HI/c1-12(2)10-25-8-5-13(6-9-25)23-16(21-3)22-7-4-15-24-14(11-26-15)17(18,19)20;/h11-13H,4-10H2,1-3H3,(H2,21,22,23);1H. The molecular weight excluding hydrogens is 490 g/mol. The Bertz CT molecular complexity index is 583. The number of hydrogen-bond donors (Lipinski definition) is 2. The van der Waals surface area contributed by atoms with E-state index in [0.717, 1.165) is 49.2 Å². The van der Waals surface area contributed by atoms with Gasteiger partial charge in [-0.05, 0) is 18.8 Å². The van der Waals surface area contributed by atoms with Crippen molar-refractivity contribution >= 4 is 41.3 Å². The van der Waals surface area contributed by atoms with E-state index in [2.05, 4.69) is 39.4 Å². The molecule has 1 fully saturated rings. The van der Waals surface area contributed by atoms with Gasteiger partial charge < -0.3 is 15.5 Å². The van der Waals surface area contributed by atoms with Crippen LogP contribution in [0.5, 0.6) is 0 Å². The highest BCUT2D eigenvalue weighted by Crippen LogP contribution is 2.30. The largest absolute Gasteiger partial charge is 0.434 e. The van der Waals surface area contributed by atoms with Gasteiger partial charge in [0.1, 0.15) is 0 Å². The first kappa shape index (κ1) is 24.4. The molecule has 0 bridgehead atoms. The zero-order valence-electron chi connectivity index (χ0n) is 16.0. The van der Waals surface area contributed by atoms with E-state index in [-0.39, 0.29) is 24.0 Å². The lowest BCUT2D eigenvalue weighted by molar-refractivity contribution is -0.140. The molecule has 27 heavy (non-hydrogen) atoms. The van der Waals surface area contributed by atoms with Crippen molar-refractivity contribution in [1.29, 1.82) is 0 Å². The van der Waals surface area contributed by atoms with Crippen molar-refractivity contribution in [2.75, 3.05) is 33.2 Å². The van der Waals surface area contributed by atoms with E-state index in [9.17, 15) is 13.2 Å². The van der Waals surface area contributed by atoms with Crippen molar-refractivity contribution < 1.29 is 13.2 Å². The molecule has 1 aliphatic rings. The number of rotatable bonds is 6. The number of hydrogen-bond acceptors (Lipinski definition) is 4. The van der Waals surface area contributed by atoms with E-state index in [1.54, 1.807) is 7.05 Å². The van der Waals surface area contributed by atoms with Gasteiger partial charge in [-0.25, -0.2) is 4.98 Å². The summed E-state index contributed by atoms with van der Waals surface area (Å²) in [7, 11) is 1.70. The van der Waals surface area contributed by atoms with Crippen LogP contribution in [-0.4, -0.2) is 55.1 Å². The highest BCUT2D eigenvalue weighted by molar-refractivity contribution is 14.0. The van der Waals surface area contributed by atoms with Gasteiger partial charge in [-0.2, -0.15) is 13.2 Å². The molecule has 0 atom stereocenters. The van der Waals surface area contributed by atoms with E-state index in [1.165, 1.54) is 0 Å². The fourth-order valence-electron chi connectivity index (χ4n) is 3.01. The molecule has 1 saturated heterocycles. The molecule has 1 aromatic heterocycles. The fraction of sp³-hybridized carbons (Fsp3) is 0.765. The van der Waals surface area contributed by atoms with E-state index < -0.39 is 11.9 Å². The number of aliphatic imine (C=N–C) groups is 1. The minimum absolute atomic E-state index is 0. The lowest BCUT2D eigenvalue weighted by atomic mass is 10.0. The van der Waals surface area contributed by atoms with Crippen molar-refractivity contribution in [3.8, 4) is 0 Å². The Balaban J connectivity index is 0.00000364. The molecular formula is C17H29F3IN5S. The minimum atomic E-state index is -4.37. The van der Waals surface area contributed by atoms with Gasteiger partial charge in [-0.3, -0.25) is 4.99 Å². The van der Waals surface area contributed by atoms with Crippen LogP contribution in [0.2, 0.25) is 0 Å². The molecule has 0 saturated carbocycles. The summed E-state index contributed by atoms with van der Waals surface area (Å²) < 4.78 is 37.7. The van der Waals surface area contributed by atoms with Crippen LogP contribution in [0.1, 0.15) is 37.4 Å². The third-order valence-electron chi connectivity index (χ3n) is 4.25. The van der Waals surface area contributed by atoms with Gasteiger partial charge in [0.15, 0.2) is 11.7 Å². The number of nitrogens with one attached hydrogen (secondary N) is 2. The smallest absolute Gasteiger partial charge is 0.356 e. The number of guanidine groups is 1. The summed E-state index contributed by atoms with van der Waals surface area (Å²) in [6.45, 7) is 8.24. The molecule has 0 spiro atoms. The average molecular weight is 519 g/mol. The molecule has 0 aliphatic carbocycles. The maximum atomic E-state index is 12.6. The third kappa shape index (κ3) is 8.51. The minimum Gasteiger partial charge on any atom is -0.356 e.